The highest BCUT2D eigenvalue weighted by Crippen LogP contribution is 2.23. The second-order valence-corrected chi connectivity index (χ2v) is 4.33. The van der Waals surface area contributed by atoms with E-state index in [0.29, 0.717) is 5.92 Å². The molecule has 1 aromatic carbocycles. The maximum atomic E-state index is 6.13. The van der Waals surface area contributed by atoms with Crippen LogP contribution < -0.4 is 0 Å². The van der Waals surface area contributed by atoms with Crippen LogP contribution in [0.15, 0.2) is 17.1 Å². The van der Waals surface area contributed by atoms with Gasteiger partial charge in [0.05, 0.1) is 11.6 Å². The molecule has 0 fully saturated rings. The van der Waals surface area contributed by atoms with Crippen LogP contribution in [-0.4, -0.2) is 6.21 Å². The van der Waals surface area contributed by atoms with Gasteiger partial charge in [-0.1, -0.05) is 37.3 Å². The molecule has 1 aliphatic rings. The second kappa shape index (κ2) is 4.08. The topological polar surface area (TPSA) is 12.4 Å². The van der Waals surface area contributed by atoms with Crippen molar-refractivity contribution < 1.29 is 0 Å². The SMILES string of the molecule is CC(C)C#Cc1cc2c(cc1Cl)C=NC2. The number of fused-ring (bicyclic) bond motifs is 1. The number of nitrogens with zero attached hydrogens (tertiary/aromatic N) is 1. The highest BCUT2D eigenvalue weighted by atomic mass is 35.5. The summed E-state index contributed by atoms with van der Waals surface area (Å²) in [5.74, 6) is 6.59. The molecule has 0 spiro atoms. The predicted molar refractivity (Wildman–Crippen MR) is 64.5 cm³/mol. The first-order valence-corrected chi connectivity index (χ1v) is 5.38. The smallest absolute Gasteiger partial charge is 0.0646 e. The molecular weight excluding hydrogens is 206 g/mol. The van der Waals surface area contributed by atoms with Gasteiger partial charge in [0.25, 0.3) is 0 Å². The Morgan fingerprint density at radius 3 is 2.93 bits per heavy atom. The lowest BCUT2D eigenvalue weighted by atomic mass is 10.1. The fourth-order valence-electron chi connectivity index (χ4n) is 1.45. The molecule has 0 atom stereocenters. The number of hydrogen-bond donors (Lipinski definition) is 0. The lowest BCUT2D eigenvalue weighted by Crippen LogP contribution is -1.88. The van der Waals surface area contributed by atoms with Gasteiger partial charge >= 0.3 is 0 Å². The van der Waals surface area contributed by atoms with Crippen LogP contribution in [0.2, 0.25) is 5.02 Å². The maximum Gasteiger partial charge on any atom is 0.0646 e. The van der Waals surface area contributed by atoms with Crippen LogP contribution in [0, 0.1) is 17.8 Å². The minimum atomic E-state index is 0.366. The Bertz CT molecular complexity index is 475. The summed E-state index contributed by atoms with van der Waals surface area (Å²) in [5.41, 5.74) is 3.25. The average Bonchev–Trinajstić information content (AvgIpc) is 2.60. The lowest BCUT2D eigenvalue weighted by molar-refractivity contribution is 0.866. The van der Waals surface area contributed by atoms with Gasteiger partial charge in [-0.2, -0.15) is 0 Å². The van der Waals surface area contributed by atoms with Crippen molar-refractivity contribution in [1.29, 1.82) is 0 Å². The van der Waals surface area contributed by atoms with Crippen molar-refractivity contribution in [2.75, 3.05) is 0 Å². The fraction of sp³-hybridized carbons (Fsp3) is 0.308. The van der Waals surface area contributed by atoms with E-state index in [4.69, 9.17) is 11.6 Å². The molecule has 1 aliphatic heterocycles. The first-order chi connectivity index (χ1) is 7.16. The van der Waals surface area contributed by atoms with Crippen molar-refractivity contribution in [1.82, 2.24) is 0 Å². The van der Waals surface area contributed by atoms with Gasteiger partial charge in [-0.15, -0.1) is 0 Å². The first kappa shape index (κ1) is 10.3. The van der Waals surface area contributed by atoms with Crippen molar-refractivity contribution in [3.8, 4) is 11.8 Å². The Morgan fingerprint density at radius 1 is 1.40 bits per heavy atom. The zero-order chi connectivity index (χ0) is 10.8. The molecule has 15 heavy (non-hydrogen) atoms. The van der Waals surface area contributed by atoms with Gasteiger partial charge in [0.1, 0.15) is 0 Å². The maximum absolute atomic E-state index is 6.13. The molecule has 0 unspecified atom stereocenters. The largest absolute Gasteiger partial charge is 0.288 e. The molecule has 2 rings (SSSR count). The number of benzene rings is 1. The van der Waals surface area contributed by atoms with E-state index >= 15 is 0 Å². The van der Waals surface area contributed by atoms with Gasteiger partial charge < -0.3 is 0 Å². The molecule has 0 N–H and O–H groups in total. The Kier molecular flexibility index (Phi) is 2.79. The zero-order valence-electron chi connectivity index (χ0n) is 8.84. The van der Waals surface area contributed by atoms with Gasteiger partial charge in [-0.05, 0) is 23.3 Å². The quantitative estimate of drug-likeness (QED) is 0.592. The van der Waals surface area contributed by atoms with Crippen molar-refractivity contribution in [2.45, 2.75) is 20.4 Å². The Hall–Kier alpha value is -1.26. The van der Waals surface area contributed by atoms with Gasteiger partial charge in [0.2, 0.25) is 0 Å². The Morgan fingerprint density at radius 2 is 2.20 bits per heavy atom. The summed E-state index contributed by atoms with van der Waals surface area (Å²) < 4.78 is 0. The molecule has 0 amide bonds. The summed E-state index contributed by atoms with van der Waals surface area (Å²) >= 11 is 6.13. The van der Waals surface area contributed by atoms with Crippen LogP contribution in [0.5, 0.6) is 0 Å². The summed E-state index contributed by atoms with van der Waals surface area (Å²) in [6.07, 6.45) is 1.86. The van der Waals surface area contributed by atoms with Crippen LogP contribution in [0.25, 0.3) is 0 Å². The van der Waals surface area contributed by atoms with E-state index in [0.717, 1.165) is 22.7 Å². The summed E-state index contributed by atoms with van der Waals surface area (Å²) in [7, 11) is 0. The molecule has 1 nitrogen and oxygen atoms in total. The van der Waals surface area contributed by atoms with Crippen molar-refractivity contribution >= 4 is 17.8 Å². The lowest BCUT2D eigenvalue weighted by Gasteiger charge is -2.01. The molecular formula is C13H12ClN. The molecule has 0 saturated heterocycles. The Labute approximate surface area is 95.2 Å². The van der Waals surface area contributed by atoms with Crippen LogP contribution in [0.4, 0.5) is 0 Å². The van der Waals surface area contributed by atoms with Crippen LogP contribution >= 0.6 is 11.6 Å². The summed E-state index contributed by atoms with van der Waals surface area (Å²) in [5, 5.41) is 0.718. The molecule has 0 aromatic heterocycles. The van der Waals surface area contributed by atoms with Crippen LogP contribution in [0.3, 0.4) is 0 Å². The van der Waals surface area contributed by atoms with Gasteiger partial charge in [-0.3, -0.25) is 4.99 Å². The summed E-state index contributed by atoms with van der Waals surface area (Å²) in [4.78, 5) is 4.20. The predicted octanol–water partition coefficient (Wildman–Crippen LogP) is 3.28. The molecule has 2 heteroatoms. The van der Waals surface area contributed by atoms with Crippen molar-refractivity contribution in [3.05, 3.63) is 33.8 Å². The highest BCUT2D eigenvalue weighted by molar-refractivity contribution is 6.32. The van der Waals surface area contributed by atoms with E-state index in [2.05, 4.69) is 30.7 Å². The molecule has 1 aromatic rings. The second-order valence-electron chi connectivity index (χ2n) is 3.92. The third kappa shape index (κ3) is 2.22. The average molecular weight is 218 g/mol. The van der Waals surface area contributed by atoms with Crippen molar-refractivity contribution in [2.24, 2.45) is 10.9 Å². The normalized spacial score (nSPS) is 12.5. The summed E-state index contributed by atoms with van der Waals surface area (Å²) in [6.45, 7) is 4.89. The zero-order valence-corrected chi connectivity index (χ0v) is 9.60. The van der Waals surface area contributed by atoms with E-state index in [9.17, 15) is 0 Å². The number of halogens is 1. The third-order valence-corrected chi connectivity index (χ3v) is 2.53. The Balaban J connectivity index is 2.40. The highest BCUT2D eigenvalue weighted by Gasteiger charge is 2.09. The minimum Gasteiger partial charge on any atom is -0.288 e. The first-order valence-electron chi connectivity index (χ1n) is 5.00. The molecule has 76 valence electrons. The monoisotopic (exact) mass is 217 g/mol. The van der Waals surface area contributed by atoms with Crippen molar-refractivity contribution in [3.63, 3.8) is 0 Å². The molecule has 0 aliphatic carbocycles. The van der Waals surface area contributed by atoms with Crippen LogP contribution in [-0.2, 0) is 6.54 Å². The molecule has 0 radical (unpaired) electrons. The van der Waals surface area contributed by atoms with E-state index in [1.54, 1.807) is 0 Å². The molecule has 1 heterocycles. The minimum absolute atomic E-state index is 0.366. The van der Waals surface area contributed by atoms with Crippen LogP contribution in [0.1, 0.15) is 30.5 Å². The molecule has 0 bridgehead atoms. The third-order valence-electron chi connectivity index (χ3n) is 2.22. The van der Waals surface area contributed by atoms with E-state index < -0.39 is 0 Å². The summed E-state index contributed by atoms with van der Waals surface area (Å²) in [6, 6.07) is 3.98. The van der Waals surface area contributed by atoms with Gasteiger partial charge in [0, 0.05) is 17.7 Å². The molecule has 0 saturated carbocycles. The number of hydrogen-bond acceptors (Lipinski definition) is 1. The number of rotatable bonds is 0. The number of aliphatic imine (C=N–C) groups is 1. The van der Waals surface area contributed by atoms with Gasteiger partial charge in [0.15, 0.2) is 0 Å². The van der Waals surface area contributed by atoms with E-state index in [1.165, 1.54) is 5.56 Å². The van der Waals surface area contributed by atoms with E-state index in [-0.39, 0.29) is 0 Å². The standard InChI is InChI=1S/C13H12ClN/c1-9(2)3-4-10-5-11-7-15-8-12(11)6-13(10)14/h5-6,8-9H,7H2,1-2H3. The van der Waals surface area contributed by atoms with E-state index in [1.807, 2.05) is 18.3 Å². The van der Waals surface area contributed by atoms with Gasteiger partial charge in [-0.25, -0.2) is 0 Å². The fourth-order valence-corrected chi connectivity index (χ4v) is 1.67.